The second kappa shape index (κ2) is 6.84. The van der Waals surface area contributed by atoms with Gasteiger partial charge in [0.05, 0.1) is 20.5 Å². The molecule has 1 aromatic carbocycles. The molecule has 5 nitrogen and oxygen atoms in total. The molecule has 1 aliphatic heterocycles. The van der Waals surface area contributed by atoms with Gasteiger partial charge in [0.2, 0.25) is 0 Å². The van der Waals surface area contributed by atoms with Crippen LogP contribution in [0.5, 0.6) is 0 Å². The summed E-state index contributed by atoms with van der Waals surface area (Å²) in [6.45, 7) is 1.49. The van der Waals surface area contributed by atoms with Gasteiger partial charge < -0.3 is 5.11 Å². The Morgan fingerprint density at radius 1 is 1.38 bits per heavy atom. The normalized spacial score (nSPS) is 16.2. The van der Waals surface area contributed by atoms with Crippen LogP contribution in [0.1, 0.15) is 9.88 Å². The minimum atomic E-state index is -1.09. The molecular weight excluding hydrogens is 364 g/mol. The lowest BCUT2D eigenvalue weighted by molar-refractivity contribution is -0.140. The van der Waals surface area contributed by atoms with E-state index in [-0.39, 0.29) is 10.2 Å². The summed E-state index contributed by atoms with van der Waals surface area (Å²) < 4.78 is 0.260. The molecule has 24 heavy (non-hydrogen) atoms. The van der Waals surface area contributed by atoms with Crippen LogP contribution in [-0.4, -0.2) is 37.7 Å². The molecule has 0 aliphatic carbocycles. The maximum atomic E-state index is 12.4. The summed E-state index contributed by atoms with van der Waals surface area (Å²) in [7, 11) is 0. The van der Waals surface area contributed by atoms with Gasteiger partial charge >= 0.3 is 5.97 Å². The first-order valence-corrected chi connectivity index (χ1v) is 9.00. The summed E-state index contributed by atoms with van der Waals surface area (Å²) in [6.07, 6.45) is 1.74. The number of thiazole rings is 1. The van der Waals surface area contributed by atoms with Gasteiger partial charge in [-0.1, -0.05) is 54.3 Å². The minimum Gasteiger partial charge on any atom is -0.480 e. The van der Waals surface area contributed by atoms with E-state index in [1.165, 1.54) is 11.3 Å². The van der Waals surface area contributed by atoms with Crippen molar-refractivity contribution in [2.45, 2.75) is 6.92 Å². The number of nitrogens with zero attached hydrogens (tertiary/aromatic N) is 2. The SMILES string of the molecule is Cc1nc(-c2ccccc2)c(/C=C2/SC(=S)N(CC(=O)O)C2=O)s1. The highest BCUT2D eigenvalue weighted by atomic mass is 32.2. The topological polar surface area (TPSA) is 70.5 Å². The Morgan fingerprint density at radius 3 is 2.75 bits per heavy atom. The van der Waals surface area contributed by atoms with Crippen LogP contribution in [0.4, 0.5) is 0 Å². The van der Waals surface area contributed by atoms with E-state index in [0.29, 0.717) is 4.91 Å². The average Bonchev–Trinajstić information content (AvgIpc) is 3.03. The van der Waals surface area contributed by atoms with Gasteiger partial charge in [0.1, 0.15) is 10.9 Å². The molecule has 1 saturated heterocycles. The van der Waals surface area contributed by atoms with E-state index >= 15 is 0 Å². The van der Waals surface area contributed by atoms with E-state index in [2.05, 4.69) is 4.98 Å². The molecule has 0 radical (unpaired) electrons. The maximum Gasteiger partial charge on any atom is 0.323 e. The van der Waals surface area contributed by atoms with Crippen LogP contribution >= 0.6 is 35.3 Å². The fourth-order valence-electron chi connectivity index (χ4n) is 2.23. The second-order valence-corrected chi connectivity index (χ2v) is 7.88. The smallest absolute Gasteiger partial charge is 0.323 e. The van der Waals surface area contributed by atoms with Gasteiger partial charge in [-0.05, 0) is 13.0 Å². The summed E-state index contributed by atoms with van der Waals surface area (Å²) in [4.78, 5) is 30.2. The molecule has 122 valence electrons. The molecule has 0 atom stereocenters. The Balaban J connectivity index is 1.97. The zero-order valence-electron chi connectivity index (χ0n) is 12.6. The van der Waals surface area contributed by atoms with Crippen LogP contribution < -0.4 is 0 Å². The van der Waals surface area contributed by atoms with Crippen LogP contribution in [0.3, 0.4) is 0 Å². The Bertz CT molecular complexity index is 859. The van der Waals surface area contributed by atoms with Gasteiger partial charge in [0, 0.05) is 5.56 Å². The molecule has 1 amide bonds. The van der Waals surface area contributed by atoms with E-state index in [9.17, 15) is 9.59 Å². The predicted octanol–water partition coefficient (Wildman–Crippen LogP) is 3.40. The summed E-state index contributed by atoms with van der Waals surface area (Å²) in [6, 6.07) is 9.71. The molecule has 1 N–H and O–H groups in total. The summed E-state index contributed by atoms with van der Waals surface area (Å²) >= 11 is 7.71. The van der Waals surface area contributed by atoms with Crippen molar-refractivity contribution in [2.75, 3.05) is 6.54 Å². The molecule has 0 saturated carbocycles. The number of carboxylic acids is 1. The Kier molecular flexibility index (Phi) is 4.79. The molecule has 1 aliphatic rings. The molecule has 1 aromatic heterocycles. The van der Waals surface area contributed by atoms with Crippen molar-refractivity contribution in [1.29, 1.82) is 0 Å². The number of aromatic nitrogens is 1. The number of rotatable bonds is 4. The van der Waals surface area contributed by atoms with Crippen molar-refractivity contribution in [3.63, 3.8) is 0 Å². The molecule has 1 fully saturated rings. The van der Waals surface area contributed by atoms with Crippen LogP contribution in [0, 0.1) is 6.92 Å². The van der Waals surface area contributed by atoms with Crippen molar-refractivity contribution in [1.82, 2.24) is 9.88 Å². The quantitative estimate of drug-likeness (QED) is 0.651. The van der Waals surface area contributed by atoms with E-state index in [1.807, 2.05) is 37.3 Å². The average molecular weight is 376 g/mol. The molecule has 2 aromatic rings. The number of hydrogen-bond donors (Lipinski definition) is 1. The zero-order valence-corrected chi connectivity index (χ0v) is 15.0. The van der Waals surface area contributed by atoms with Crippen molar-refractivity contribution >= 4 is 57.6 Å². The number of hydrogen-bond acceptors (Lipinski definition) is 6. The Morgan fingerprint density at radius 2 is 2.08 bits per heavy atom. The predicted molar refractivity (Wildman–Crippen MR) is 99.8 cm³/mol. The van der Waals surface area contributed by atoms with Gasteiger partial charge in [-0.3, -0.25) is 14.5 Å². The fraction of sp³-hybridized carbons (Fsp3) is 0.125. The minimum absolute atomic E-state index is 0.260. The van der Waals surface area contributed by atoms with Crippen LogP contribution in [-0.2, 0) is 9.59 Å². The molecule has 2 heterocycles. The van der Waals surface area contributed by atoms with Crippen molar-refractivity contribution in [3.8, 4) is 11.3 Å². The first kappa shape index (κ1) is 16.8. The highest BCUT2D eigenvalue weighted by molar-refractivity contribution is 8.26. The third-order valence-corrected chi connectivity index (χ3v) is 5.53. The van der Waals surface area contributed by atoms with Gasteiger partial charge in [-0.15, -0.1) is 11.3 Å². The number of aryl methyl sites for hydroxylation is 1. The highest BCUT2D eigenvalue weighted by Crippen LogP contribution is 2.36. The van der Waals surface area contributed by atoms with Crippen LogP contribution in [0.25, 0.3) is 17.3 Å². The van der Waals surface area contributed by atoms with E-state index in [4.69, 9.17) is 17.3 Å². The lowest BCUT2D eigenvalue weighted by Gasteiger charge is -2.10. The molecule has 0 unspecified atom stereocenters. The number of thioether (sulfide) groups is 1. The fourth-order valence-corrected chi connectivity index (χ4v) is 4.44. The van der Waals surface area contributed by atoms with Crippen molar-refractivity contribution in [2.24, 2.45) is 0 Å². The molecular formula is C16H12N2O3S3. The lowest BCUT2D eigenvalue weighted by atomic mass is 10.1. The maximum absolute atomic E-state index is 12.4. The number of carboxylic acid groups (broad SMARTS) is 1. The number of aliphatic carboxylic acids is 1. The van der Waals surface area contributed by atoms with E-state index in [0.717, 1.165) is 37.8 Å². The van der Waals surface area contributed by atoms with E-state index in [1.54, 1.807) is 6.08 Å². The van der Waals surface area contributed by atoms with Gasteiger partial charge in [-0.25, -0.2) is 4.98 Å². The van der Waals surface area contributed by atoms with Crippen LogP contribution in [0.2, 0.25) is 0 Å². The largest absolute Gasteiger partial charge is 0.480 e. The number of amides is 1. The van der Waals surface area contributed by atoms with E-state index < -0.39 is 12.5 Å². The standard InChI is InChI=1S/C16H12N2O3S3/c1-9-17-14(10-5-3-2-4-6-10)11(23-9)7-12-15(21)18(8-13(19)20)16(22)24-12/h2-7H,8H2,1H3,(H,19,20)/b12-7+. The monoisotopic (exact) mass is 376 g/mol. The molecule has 8 heteroatoms. The summed E-state index contributed by atoms with van der Waals surface area (Å²) in [5, 5.41) is 9.78. The summed E-state index contributed by atoms with van der Waals surface area (Å²) in [5.41, 5.74) is 1.77. The number of benzene rings is 1. The first-order chi connectivity index (χ1) is 11.5. The summed E-state index contributed by atoms with van der Waals surface area (Å²) in [5.74, 6) is -1.47. The number of carbonyl (C=O) groups is 2. The lowest BCUT2D eigenvalue weighted by Crippen LogP contribution is -2.33. The second-order valence-electron chi connectivity index (χ2n) is 4.97. The van der Waals surface area contributed by atoms with Gasteiger partial charge in [0.15, 0.2) is 0 Å². The molecule has 0 spiro atoms. The molecule has 3 rings (SSSR count). The molecule has 0 bridgehead atoms. The number of thiocarbonyl (C=S) groups is 1. The van der Waals surface area contributed by atoms with Crippen molar-refractivity contribution in [3.05, 3.63) is 45.1 Å². The first-order valence-electron chi connectivity index (χ1n) is 6.95. The van der Waals surface area contributed by atoms with Crippen LogP contribution in [0.15, 0.2) is 35.2 Å². The third-order valence-electron chi connectivity index (χ3n) is 3.24. The van der Waals surface area contributed by atoms with Crippen molar-refractivity contribution < 1.29 is 14.7 Å². The highest BCUT2D eigenvalue weighted by Gasteiger charge is 2.33. The van der Waals surface area contributed by atoms with Gasteiger partial charge in [0.25, 0.3) is 5.91 Å². The Hall–Kier alpha value is -2.03. The van der Waals surface area contributed by atoms with Gasteiger partial charge in [-0.2, -0.15) is 0 Å². The third kappa shape index (κ3) is 3.40. The zero-order chi connectivity index (χ0) is 17.3. The number of carbonyl (C=O) groups excluding carboxylic acids is 1. The Labute approximate surface area is 152 Å².